The molecule has 0 radical (unpaired) electrons. The second kappa shape index (κ2) is 6.00. The molecule has 0 atom stereocenters. The summed E-state index contributed by atoms with van der Waals surface area (Å²) in [6, 6.07) is 6.24. The van der Waals surface area contributed by atoms with Crippen LogP contribution >= 0.6 is 0 Å². The van der Waals surface area contributed by atoms with Crippen LogP contribution in [0, 0.1) is 12.7 Å². The fraction of sp³-hybridized carbons (Fsp3) is 0.118. The summed E-state index contributed by atoms with van der Waals surface area (Å²) < 4.78 is 19.4. The molecule has 0 bridgehead atoms. The molecule has 0 unspecified atom stereocenters. The number of hydrogen-bond acceptors (Lipinski definition) is 4. The van der Waals surface area contributed by atoms with Crippen molar-refractivity contribution >= 4 is 5.91 Å². The van der Waals surface area contributed by atoms with Crippen LogP contribution in [-0.2, 0) is 0 Å². The summed E-state index contributed by atoms with van der Waals surface area (Å²) in [5, 5.41) is 2.58. The Labute approximate surface area is 132 Å². The van der Waals surface area contributed by atoms with E-state index in [4.69, 9.17) is 4.42 Å². The molecule has 23 heavy (non-hydrogen) atoms. The summed E-state index contributed by atoms with van der Waals surface area (Å²) in [5.41, 5.74) is 2.35. The lowest BCUT2D eigenvalue weighted by Crippen LogP contribution is -2.19. The maximum absolute atomic E-state index is 14.1. The lowest BCUT2D eigenvalue weighted by molar-refractivity contribution is 0.0962. The molecule has 116 valence electrons. The highest BCUT2D eigenvalue weighted by atomic mass is 19.1. The van der Waals surface area contributed by atoms with Crippen LogP contribution in [0.5, 0.6) is 0 Å². The van der Waals surface area contributed by atoms with Crippen LogP contribution in [0.4, 0.5) is 4.39 Å². The molecule has 1 N–H and O–H groups in total. The molecule has 1 aromatic carbocycles. The van der Waals surface area contributed by atoms with Gasteiger partial charge in [-0.15, -0.1) is 0 Å². The molecule has 6 heteroatoms. The number of carbonyl (C=O) groups excluding carboxylic acids is 1. The van der Waals surface area contributed by atoms with E-state index >= 15 is 0 Å². The molecule has 0 fully saturated rings. The van der Waals surface area contributed by atoms with Gasteiger partial charge in [0.1, 0.15) is 17.8 Å². The quantitative estimate of drug-likeness (QED) is 0.806. The summed E-state index contributed by atoms with van der Waals surface area (Å²) in [6.07, 6.45) is 4.46. The number of carbonyl (C=O) groups is 1. The van der Waals surface area contributed by atoms with Gasteiger partial charge in [-0.05, 0) is 36.8 Å². The summed E-state index contributed by atoms with van der Waals surface area (Å²) in [4.78, 5) is 20.3. The van der Waals surface area contributed by atoms with Gasteiger partial charge in [0.25, 0.3) is 5.91 Å². The zero-order valence-corrected chi connectivity index (χ0v) is 12.6. The van der Waals surface area contributed by atoms with Crippen molar-refractivity contribution in [1.82, 2.24) is 15.3 Å². The van der Waals surface area contributed by atoms with Crippen molar-refractivity contribution in [2.75, 3.05) is 7.05 Å². The number of nitrogens with zero attached hydrogens (tertiary/aromatic N) is 2. The van der Waals surface area contributed by atoms with Gasteiger partial charge in [0, 0.05) is 29.9 Å². The Morgan fingerprint density at radius 1 is 1.26 bits per heavy atom. The summed E-state index contributed by atoms with van der Waals surface area (Å²) in [6.45, 7) is 1.76. The normalized spacial score (nSPS) is 10.6. The summed E-state index contributed by atoms with van der Waals surface area (Å²) in [7, 11) is 1.54. The van der Waals surface area contributed by atoms with Gasteiger partial charge >= 0.3 is 0 Å². The van der Waals surface area contributed by atoms with Crippen molar-refractivity contribution in [1.29, 1.82) is 0 Å². The highest BCUT2D eigenvalue weighted by Gasteiger charge is 2.18. The molecule has 3 rings (SSSR count). The van der Waals surface area contributed by atoms with Crippen LogP contribution in [-0.4, -0.2) is 22.9 Å². The first kappa shape index (κ1) is 14.9. The van der Waals surface area contributed by atoms with Gasteiger partial charge in [0.05, 0.1) is 6.20 Å². The zero-order chi connectivity index (χ0) is 16.4. The van der Waals surface area contributed by atoms with E-state index in [-0.39, 0.29) is 11.6 Å². The standard InChI is InChI=1S/C17H14FN3O2/c1-10-12(15-14(18)4-3-5-20-15)8-11(17-21-6-7-23-17)9-13(10)16(22)19-2/h3-9H,1-2H3,(H,19,22). The minimum Gasteiger partial charge on any atom is -0.445 e. The van der Waals surface area contributed by atoms with E-state index in [1.54, 1.807) is 26.1 Å². The van der Waals surface area contributed by atoms with E-state index in [9.17, 15) is 9.18 Å². The highest BCUT2D eigenvalue weighted by Crippen LogP contribution is 2.31. The third-order valence-electron chi connectivity index (χ3n) is 3.57. The van der Waals surface area contributed by atoms with Crippen LogP contribution in [0.15, 0.2) is 47.3 Å². The number of rotatable bonds is 3. The Hall–Kier alpha value is -3.02. The minimum absolute atomic E-state index is 0.184. The Bertz CT molecular complexity index is 860. The van der Waals surface area contributed by atoms with Crippen LogP contribution in [0.1, 0.15) is 15.9 Å². The maximum Gasteiger partial charge on any atom is 0.251 e. The first-order valence-corrected chi connectivity index (χ1v) is 6.99. The predicted octanol–water partition coefficient (Wildman–Crippen LogP) is 3.21. The van der Waals surface area contributed by atoms with Crippen molar-refractivity contribution in [3.8, 4) is 22.7 Å². The van der Waals surface area contributed by atoms with Crippen LogP contribution < -0.4 is 5.32 Å². The molecule has 3 aromatic rings. The first-order valence-electron chi connectivity index (χ1n) is 6.99. The molecule has 1 amide bonds. The molecule has 2 aromatic heterocycles. The smallest absolute Gasteiger partial charge is 0.251 e. The molecule has 0 saturated carbocycles. The molecular formula is C17H14FN3O2. The van der Waals surface area contributed by atoms with Gasteiger partial charge in [-0.2, -0.15) is 0 Å². The number of hydrogen-bond donors (Lipinski definition) is 1. The molecule has 2 heterocycles. The van der Waals surface area contributed by atoms with E-state index in [0.717, 1.165) is 0 Å². The van der Waals surface area contributed by atoms with Crippen LogP contribution in [0.2, 0.25) is 0 Å². The van der Waals surface area contributed by atoms with E-state index in [2.05, 4.69) is 15.3 Å². The van der Waals surface area contributed by atoms with E-state index in [1.807, 2.05) is 0 Å². The van der Waals surface area contributed by atoms with E-state index in [1.165, 1.54) is 30.8 Å². The second-order valence-corrected chi connectivity index (χ2v) is 4.95. The average molecular weight is 311 g/mol. The number of oxazole rings is 1. The Morgan fingerprint density at radius 3 is 2.74 bits per heavy atom. The SMILES string of the molecule is CNC(=O)c1cc(-c2ncco2)cc(-c2ncccc2F)c1C. The Balaban J connectivity index is 2.28. The Kier molecular flexibility index (Phi) is 3.89. The third kappa shape index (κ3) is 2.70. The van der Waals surface area contributed by atoms with Crippen molar-refractivity contribution < 1.29 is 13.6 Å². The molecule has 5 nitrogen and oxygen atoms in total. The molecule has 0 saturated heterocycles. The second-order valence-electron chi connectivity index (χ2n) is 4.95. The molecule has 0 spiro atoms. The molecule has 0 aliphatic rings. The van der Waals surface area contributed by atoms with Gasteiger partial charge in [-0.1, -0.05) is 0 Å². The van der Waals surface area contributed by atoms with Gasteiger partial charge in [0.2, 0.25) is 5.89 Å². The highest BCUT2D eigenvalue weighted by molar-refractivity contribution is 5.98. The fourth-order valence-electron chi connectivity index (χ4n) is 2.40. The largest absolute Gasteiger partial charge is 0.445 e. The van der Waals surface area contributed by atoms with Crippen molar-refractivity contribution in [2.24, 2.45) is 0 Å². The van der Waals surface area contributed by atoms with E-state index < -0.39 is 5.82 Å². The minimum atomic E-state index is -0.456. The predicted molar refractivity (Wildman–Crippen MR) is 83.3 cm³/mol. The lowest BCUT2D eigenvalue weighted by Gasteiger charge is -2.13. The zero-order valence-electron chi connectivity index (χ0n) is 12.6. The van der Waals surface area contributed by atoms with Gasteiger partial charge in [-0.25, -0.2) is 9.37 Å². The maximum atomic E-state index is 14.1. The summed E-state index contributed by atoms with van der Waals surface area (Å²) >= 11 is 0. The number of amides is 1. The fourth-order valence-corrected chi connectivity index (χ4v) is 2.40. The van der Waals surface area contributed by atoms with Gasteiger partial charge < -0.3 is 9.73 Å². The number of nitrogens with one attached hydrogen (secondary N) is 1. The van der Waals surface area contributed by atoms with Gasteiger partial charge in [0.15, 0.2) is 0 Å². The number of pyridine rings is 1. The van der Waals surface area contributed by atoms with Crippen molar-refractivity contribution in [3.63, 3.8) is 0 Å². The Morgan fingerprint density at radius 2 is 2.09 bits per heavy atom. The molecule has 0 aliphatic heterocycles. The van der Waals surface area contributed by atoms with Crippen LogP contribution in [0.25, 0.3) is 22.7 Å². The number of aromatic nitrogens is 2. The number of halogens is 1. The average Bonchev–Trinajstić information content (AvgIpc) is 3.09. The molecule has 0 aliphatic carbocycles. The monoisotopic (exact) mass is 311 g/mol. The first-order chi connectivity index (χ1) is 11.1. The van der Waals surface area contributed by atoms with E-state index in [0.29, 0.717) is 28.1 Å². The number of benzene rings is 1. The van der Waals surface area contributed by atoms with Gasteiger partial charge in [-0.3, -0.25) is 9.78 Å². The third-order valence-corrected chi connectivity index (χ3v) is 3.57. The summed E-state index contributed by atoms with van der Waals surface area (Å²) in [5.74, 6) is -0.371. The van der Waals surface area contributed by atoms with Crippen LogP contribution in [0.3, 0.4) is 0 Å². The van der Waals surface area contributed by atoms with Crippen molar-refractivity contribution in [3.05, 3.63) is 59.9 Å². The topological polar surface area (TPSA) is 68.0 Å². The lowest BCUT2D eigenvalue weighted by atomic mass is 9.95. The van der Waals surface area contributed by atoms with Crippen molar-refractivity contribution in [2.45, 2.75) is 6.92 Å². The molecular weight excluding hydrogens is 297 g/mol.